The summed E-state index contributed by atoms with van der Waals surface area (Å²) in [5.74, 6) is -0.137. The Balaban J connectivity index is 1.72. The number of benzene rings is 3. The first-order valence-electron chi connectivity index (χ1n) is 8.49. The summed E-state index contributed by atoms with van der Waals surface area (Å²) in [5.41, 5.74) is 5.77. The van der Waals surface area contributed by atoms with Crippen molar-refractivity contribution < 1.29 is 4.79 Å². The van der Waals surface area contributed by atoms with Crippen LogP contribution in [0.15, 0.2) is 66.7 Å². The minimum atomic E-state index is -0.137. The van der Waals surface area contributed by atoms with Crippen LogP contribution in [0.3, 0.4) is 0 Å². The van der Waals surface area contributed by atoms with Gasteiger partial charge in [0.2, 0.25) is 5.91 Å². The number of halogens is 1. The number of para-hydroxylation sites is 1. The molecule has 0 radical (unpaired) electrons. The van der Waals surface area contributed by atoms with E-state index >= 15 is 0 Å². The molecule has 0 aliphatic rings. The monoisotopic (exact) mass is 364 g/mol. The first-order valence-corrected chi connectivity index (χ1v) is 8.87. The zero-order chi connectivity index (χ0) is 18.5. The maximum atomic E-state index is 12.4. The van der Waals surface area contributed by atoms with E-state index < -0.39 is 0 Å². The van der Waals surface area contributed by atoms with Crippen LogP contribution in [-0.4, -0.2) is 12.5 Å². The van der Waals surface area contributed by atoms with Crippen LogP contribution in [0.5, 0.6) is 0 Å². The molecule has 0 heterocycles. The number of hydrogen-bond acceptors (Lipinski definition) is 2. The smallest absolute Gasteiger partial charge is 0.243 e. The first kappa shape index (κ1) is 18.0. The SMILES string of the molecule is Cc1cc(C)c(NC(=O)CNc2ccccc2-c2ccccc2)c(Cl)c1. The van der Waals surface area contributed by atoms with Gasteiger partial charge in [-0.3, -0.25) is 4.79 Å². The summed E-state index contributed by atoms with van der Waals surface area (Å²) in [5, 5.41) is 6.68. The Morgan fingerprint density at radius 2 is 1.65 bits per heavy atom. The van der Waals surface area contributed by atoms with E-state index in [1.54, 1.807) is 0 Å². The number of aryl methyl sites for hydroxylation is 2. The highest BCUT2D eigenvalue weighted by molar-refractivity contribution is 6.34. The lowest BCUT2D eigenvalue weighted by Gasteiger charge is -2.14. The highest BCUT2D eigenvalue weighted by Gasteiger charge is 2.10. The van der Waals surface area contributed by atoms with Crippen molar-refractivity contribution in [1.29, 1.82) is 0 Å². The molecule has 0 aliphatic carbocycles. The fraction of sp³-hybridized carbons (Fsp3) is 0.136. The van der Waals surface area contributed by atoms with Crippen molar-refractivity contribution in [2.24, 2.45) is 0 Å². The molecule has 3 rings (SSSR count). The largest absolute Gasteiger partial charge is 0.376 e. The zero-order valence-electron chi connectivity index (χ0n) is 14.8. The molecule has 0 aromatic heterocycles. The van der Waals surface area contributed by atoms with Gasteiger partial charge in [-0.15, -0.1) is 0 Å². The molecule has 3 aromatic carbocycles. The highest BCUT2D eigenvalue weighted by atomic mass is 35.5. The van der Waals surface area contributed by atoms with Crippen LogP contribution in [0.2, 0.25) is 5.02 Å². The fourth-order valence-corrected chi connectivity index (χ4v) is 3.31. The normalized spacial score (nSPS) is 10.4. The summed E-state index contributed by atoms with van der Waals surface area (Å²) in [6.07, 6.45) is 0. The molecule has 2 N–H and O–H groups in total. The van der Waals surface area contributed by atoms with Gasteiger partial charge < -0.3 is 10.6 Å². The van der Waals surface area contributed by atoms with Gasteiger partial charge in [0.05, 0.1) is 17.3 Å². The van der Waals surface area contributed by atoms with Gasteiger partial charge in [-0.2, -0.15) is 0 Å². The van der Waals surface area contributed by atoms with E-state index in [0.717, 1.165) is 27.9 Å². The van der Waals surface area contributed by atoms with Gasteiger partial charge in [0.25, 0.3) is 0 Å². The Bertz CT molecular complexity index is 899. The van der Waals surface area contributed by atoms with E-state index in [0.29, 0.717) is 10.7 Å². The van der Waals surface area contributed by atoms with Gasteiger partial charge in [-0.25, -0.2) is 0 Å². The molecule has 0 aliphatic heterocycles. The molecule has 4 heteroatoms. The summed E-state index contributed by atoms with van der Waals surface area (Å²) in [7, 11) is 0. The molecule has 0 spiro atoms. The number of carbonyl (C=O) groups is 1. The molecule has 132 valence electrons. The number of nitrogens with one attached hydrogen (secondary N) is 2. The van der Waals surface area contributed by atoms with Crippen LogP contribution >= 0.6 is 11.6 Å². The van der Waals surface area contributed by atoms with Crippen molar-refractivity contribution in [2.45, 2.75) is 13.8 Å². The lowest BCUT2D eigenvalue weighted by molar-refractivity contribution is -0.114. The van der Waals surface area contributed by atoms with E-state index in [-0.39, 0.29) is 12.5 Å². The van der Waals surface area contributed by atoms with E-state index in [9.17, 15) is 4.79 Å². The van der Waals surface area contributed by atoms with Crippen LogP contribution in [0.25, 0.3) is 11.1 Å². The average Bonchev–Trinajstić information content (AvgIpc) is 2.64. The van der Waals surface area contributed by atoms with Gasteiger partial charge in [-0.1, -0.05) is 66.2 Å². The van der Waals surface area contributed by atoms with Gasteiger partial charge in [0.1, 0.15) is 0 Å². The molecule has 0 fully saturated rings. The highest BCUT2D eigenvalue weighted by Crippen LogP contribution is 2.28. The summed E-state index contributed by atoms with van der Waals surface area (Å²) in [6.45, 7) is 4.08. The molecular weight excluding hydrogens is 344 g/mol. The molecule has 0 bridgehead atoms. The zero-order valence-corrected chi connectivity index (χ0v) is 15.6. The van der Waals surface area contributed by atoms with E-state index in [2.05, 4.69) is 22.8 Å². The minimum Gasteiger partial charge on any atom is -0.376 e. The number of carbonyl (C=O) groups excluding carboxylic acids is 1. The Labute approximate surface area is 159 Å². The van der Waals surface area contributed by atoms with Gasteiger partial charge in [0, 0.05) is 11.3 Å². The molecule has 3 nitrogen and oxygen atoms in total. The minimum absolute atomic E-state index is 0.137. The standard InChI is InChI=1S/C22H21ClN2O/c1-15-12-16(2)22(19(23)13-15)25-21(26)14-24-20-11-7-6-10-18(20)17-8-4-3-5-9-17/h3-13,24H,14H2,1-2H3,(H,25,26). The predicted octanol–water partition coefficient (Wildman–Crippen LogP) is 5.67. The van der Waals surface area contributed by atoms with Crippen molar-refractivity contribution in [3.05, 3.63) is 82.9 Å². The molecule has 0 unspecified atom stereocenters. The van der Waals surface area contributed by atoms with Gasteiger partial charge >= 0.3 is 0 Å². The molecule has 0 saturated heterocycles. The summed E-state index contributed by atoms with van der Waals surface area (Å²) in [6, 6.07) is 21.9. The lowest BCUT2D eigenvalue weighted by Crippen LogP contribution is -2.22. The van der Waals surface area contributed by atoms with Crippen LogP contribution < -0.4 is 10.6 Å². The number of hydrogen-bond donors (Lipinski definition) is 2. The third-order valence-corrected chi connectivity index (χ3v) is 4.45. The average molecular weight is 365 g/mol. The second-order valence-corrected chi connectivity index (χ2v) is 6.66. The number of amides is 1. The van der Waals surface area contributed by atoms with Gasteiger partial charge in [0.15, 0.2) is 0 Å². The molecule has 3 aromatic rings. The van der Waals surface area contributed by atoms with E-state index in [1.165, 1.54) is 0 Å². The molecule has 1 amide bonds. The lowest BCUT2D eigenvalue weighted by atomic mass is 10.0. The molecule has 0 atom stereocenters. The quantitative estimate of drug-likeness (QED) is 0.612. The van der Waals surface area contributed by atoms with Crippen molar-refractivity contribution in [3.63, 3.8) is 0 Å². The van der Waals surface area contributed by atoms with Crippen molar-refractivity contribution in [1.82, 2.24) is 0 Å². The van der Waals surface area contributed by atoms with Crippen molar-refractivity contribution in [3.8, 4) is 11.1 Å². The van der Waals surface area contributed by atoms with Crippen LogP contribution in [-0.2, 0) is 4.79 Å². The topological polar surface area (TPSA) is 41.1 Å². The third kappa shape index (κ3) is 4.24. The Morgan fingerprint density at radius 1 is 0.962 bits per heavy atom. The first-order chi connectivity index (χ1) is 12.5. The van der Waals surface area contributed by atoms with Crippen LogP contribution in [0.4, 0.5) is 11.4 Å². The second-order valence-electron chi connectivity index (χ2n) is 6.25. The molecule has 26 heavy (non-hydrogen) atoms. The van der Waals surface area contributed by atoms with Crippen LogP contribution in [0.1, 0.15) is 11.1 Å². The van der Waals surface area contributed by atoms with Crippen molar-refractivity contribution in [2.75, 3.05) is 17.2 Å². The van der Waals surface area contributed by atoms with E-state index in [4.69, 9.17) is 11.6 Å². The predicted molar refractivity (Wildman–Crippen MR) is 110 cm³/mol. The fourth-order valence-electron chi connectivity index (χ4n) is 2.94. The molecular formula is C22H21ClN2O. The Hall–Kier alpha value is -2.78. The van der Waals surface area contributed by atoms with Gasteiger partial charge in [-0.05, 0) is 42.7 Å². The van der Waals surface area contributed by atoms with Crippen molar-refractivity contribution >= 4 is 28.9 Å². The van der Waals surface area contributed by atoms with E-state index in [1.807, 2.05) is 68.4 Å². The number of anilines is 2. The Kier molecular flexibility index (Phi) is 5.59. The molecule has 0 saturated carbocycles. The summed E-state index contributed by atoms with van der Waals surface area (Å²) in [4.78, 5) is 12.4. The maximum absolute atomic E-state index is 12.4. The summed E-state index contributed by atoms with van der Waals surface area (Å²) < 4.78 is 0. The Morgan fingerprint density at radius 3 is 2.38 bits per heavy atom. The number of rotatable bonds is 5. The summed E-state index contributed by atoms with van der Waals surface area (Å²) >= 11 is 6.27. The third-order valence-electron chi connectivity index (χ3n) is 4.15. The van der Waals surface area contributed by atoms with Crippen LogP contribution in [0, 0.1) is 13.8 Å². The second kappa shape index (κ2) is 8.07. The maximum Gasteiger partial charge on any atom is 0.243 e.